The van der Waals surface area contributed by atoms with E-state index in [0.717, 1.165) is 43.5 Å². The molecule has 0 atom stereocenters. The predicted molar refractivity (Wildman–Crippen MR) is 158 cm³/mol. The van der Waals surface area contributed by atoms with E-state index in [2.05, 4.69) is 44.4 Å². The van der Waals surface area contributed by atoms with Crippen LogP contribution in [0.4, 0.5) is 17.3 Å². The molecule has 208 valence electrons. The molecule has 1 amide bonds. The first-order valence-electron chi connectivity index (χ1n) is 14.0. The van der Waals surface area contributed by atoms with E-state index in [1.807, 2.05) is 18.4 Å². The second-order valence-corrected chi connectivity index (χ2v) is 11.7. The van der Waals surface area contributed by atoms with Crippen molar-refractivity contribution in [1.82, 2.24) is 19.2 Å². The third-order valence-corrected chi connectivity index (χ3v) is 8.32. The lowest BCUT2D eigenvalue weighted by Crippen LogP contribution is -2.39. The standard InChI is InChI=1S/C26H36N6O.C2H8N2S/c27-25(33)24-26(30-23(18-28-24)32-14-4-1-5-15-32)29-21-10-8-19(9-11-21)20-12-16-31(17-13-20)22-6-2-3-7-22;1-4(2)5-3/h8-11,18,20,22H,1-7,12-17H2,(H2,27,33)(H,29,30);3H2,1-2H3. The summed E-state index contributed by atoms with van der Waals surface area (Å²) < 4.78 is 1.82. The number of carbonyl (C=O) groups is 1. The quantitative estimate of drug-likeness (QED) is 0.436. The van der Waals surface area contributed by atoms with Crippen LogP contribution in [0.3, 0.4) is 0 Å². The molecule has 5 N–H and O–H groups in total. The van der Waals surface area contributed by atoms with Crippen molar-refractivity contribution >= 4 is 35.4 Å². The van der Waals surface area contributed by atoms with E-state index in [1.165, 1.54) is 75.7 Å². The summed E-state index contributed by atoms with van der Waals surface area (Å²) in [5, 5.41) is 8.31. The monoisotopic (exact) mass is 540 g/mol. The summed E-state index contributed by atoms with van der Waals surface area (Å²) in [4.78, 5) is 25.9. The van der Waals surface area contributed by atoms with Crippen molar-refractivity contribution < 1.29 is 4.79 Å². The SMILES string of the molecule is CN(C)SN.NC(=O)c1ncc(N2CCCCC2)nc1Nc1ccc(C2CCN(C3CCCC3)CC2)cc1. The molecular formula is C28H44N8OS. The molecule has 2 aromatic rings. The maximum absolute atomic E-state index is 11.9. The molecule has 0 bridgehead atoms. The number of hydrogen-bond acceptors (Lipinski definition) is 9. The molecule has 3 fully saturated rings. The molecule has 1 aromatic carbocycles. The van der Waals surface area contributed by atoms with Gasteiger partial charge in [-0.2, -0.15) is 0 Å². The Morgan fingerprint density at radius 3 is 2.18 bits per heavy atom. The fraction of sp³-hybridized carbons (Fsp3) is 0.607. The highest BCUT2D eigenvalue weighted by Gasteiger charge is 2.27. The predicted octanol–water partition coefficient (Wildman–Crippen LogP) is 4.50. The number of likely N-dealkylation sites (tertiary alicyclic amines) is 1. The van der Waals surface area contributed by atoms with Gasteiger partial charge in [-0.15, -0.1) is 0 Å². The van der Waals surface area contributed by atoms with Crippen molar-refractivity contribution in [1.29, 1.82) is 0 Å². The van der Waals surface area contributed by atoms with Gasteiger partial charge in [-0.05, 0) is 95.7 Å². The van der Waals surface area contributed by atoms with E-state index in [-0.39, 0.29) is 5.69 Å². The topological polar surface area (TPSA) is 117 Å². The molecule has 2 saturated heterocycles. The Bertz CT molecular complexity index is 1010. The first-order valence-corrected chi connectivity index (χ1v) is 14.8. The zero-order valence-electron chi connectivity index (χ0n) is 22.9. The molecule has 2 aliphatic heterocycles. The lowest BCUT2D eigenvalue weighted by atomic mass is 9.88. The van der Waals surface area contributed by atoms with E-state index in [9.17, 15) is 4.79 Å². The van der Waals surface area contributed by atoms with Crippen LogP contribution in [-0.2, 0) is 0 Å². The Hall–Kier alpha value is -2.40. The lowest BCUT2D eigenvalue weighted by molar-refractivity contribution is 0.0996. The van der Waals surface area contributed by atoms with Crippen molar-refractivity contribution in [3.63, 3.8) is 0 Å². The number of primary amides is 1. The van der Waals surface area contributed by atoms with Crippen LogP contribution in [0.5, 0.6) is 0 Å². The Morgan fingerprint density at radius 2 is 1.61 bits per heavy atom. The van der Waals surface area contributed by atoms with Gasteiger partial charge in [-0.25, -0.2) is 14.3 Å². The maximum atomic E-state index is 11.9. The number of rotatable bonds is 7. The van der Waals surface area contributed by atoms with Crippen LogP contribution in [0.15, 0.2) is 30.5 Å². The molecule has 38 heavy (non-hydrogen) atoms. The van der Waals surface area contributed by atoms with Gasteiger partial charge in [0.15, 0.2) is 11.5 Å². The van der Waals surface area contributed by atoms with Gasteiger partial charge in [-0.1, -0.05) is 25.0 Å². The van der Waals surface area contributed by atoms with Gasteiger partial charge >= 0.3 is 0 Å². The summed E-state index contributed by atoms with van der Waals surface area (Å²) in [7, 11) is 3.79. The Kier molecular flexibility index (Phi) is 10.6. The van der Waals surface area contributed by atoms with Crippen LogP contribution in [0.25, 0.3) is 0 Å². The number of nitrogens with one attached hydrogen (secondary N) is 1. The first-order chi connectivity index (χ1) is 18.4. The van der Waals surface area contributed by atoms with Gasteiger partial charge in [0.2, 0.25) is 0 Å². The number of piperidine rings is 2. The van der Waals surface area contributed by atoms with Gasteiger partial charge in [0, 0.05) is 37.0 Å². The number of amides is 1. The van der Waals surface area contributed by atoms with Crippen molar-refractivity contribution in [3.8, 4) is 0 Å². The highest BCUT2D eigenvalue weighted by molar-refractivity contribution is 7.94. The number of carbonyl (C=O) groups excluding carboxylic acids is 1. The lowest BCUT2D eigenvalue weighted by Gasteiger charge is -2.36. The van der Waals surface area contributed by atoms with Crippen LogP contribution >= 0.6 is 12.1 Å². The third kappa shape index (κ3) is 7.81. The van der Waals surface area contributed by atoms with Gasteiger partial charge < -0.3 is 20.9 Å². The van der Waals surface area contributed by atoms with Crippen LogP contribution in [-0.4, -0.2) is 71.4 Å². The van der Waals surface area contributed by atoms with Gasteiger partial charge in [0.25, 0.3) is 5.91 Å². The van der Waals surface area contributed by atoms with Crippen LogP contribution in [0, 0.1) is 0 Å². The van der Waals surface area contributed by atoms with Crippen molar-refractivity contribution in [2.24, 2.45) is 10.9 Å². The summed E-state index contributed by atoms with van der Waals surface area (Å²) in [6.07, 6.45) is 13.3. The van der Waals surface area contributed by atoms with E-state index in [4.69, 9.17) is 15.9 Å². The first kappa shape index (κ1) is 28.6. The maximum Gasteiger partial charge on any atom is 0.271 e. The second-order valence-electron chi connectivity index (χ2n) is 10.8. The van der Waals surface area contributed by atoms with Gasteiger partial charge in [0.05, 0.1) is 6.20 Å². The molecule has 9 nitrogen and oxygen atoms in total. The molecule has 0 spiro atoms. The van der Waals surface area contributed by atoms with E-state index in [1.54, 1.807) is 6.20 Å². The van der Waals surface area contributed by atoms with Gasteiger partial charge in [-0.3, -0.25) is 9.93 Å². The summed E-state index contributed by atoms with van der Waals surface area (Å²) >= 11 is 1.21. The zero-order valence-corrected chi connectivity index (χ0v) is 23.8. The average molecular weight is 541 g/mol. The Balaban J connectivity index is 0.000000617. The number of hydrogen-bond donors (Lipinski definition) is 3. The Morgan fingerprint density at radius 1 is 0.974 bits per heavy atom. The summed E-state index contributed by atoms with van der Waals surface area (Å²) in [5.74, 6) is 1.29. The van der Waals surface area contributed by atoms with Crippen LogP contribution in [0.2, 0.25) is 0 Å². The summed E-state index contributed by atoms with van der Waals surface area (Å²) in [6, 6.07) is 9.42. The molecule has 3 aliphatic rings. The molecular weight excluding hydrogens is 496 g/mol. The molecule has 10 heteroatoms. The van der Waals surface area contributed by atoms with Crippen LogP contribution < -0.4 is 21.1 Å². The largest absolute Gasteiger partial charge is 0.364 e. The number of benzene rings is 1. The molecule has 3 heterocycles. The summed E-state index contributed by atoms with van der Waals surface area (Å²) in [6.45, 7) is 4.38. The smallest absolute Gasteiger partial charge is 0.271 e. The van der Waals surface area contributed by atoms with Gasteiger partial charge in [0.1, 0.15) is 5.82 Å². The van der Waals surface area contributed by atoms with E-state index >= 15 is 0 Å². The van der Waals surface area contributed by atoms with Crippen molar-refractivity contribution in [3.05, 3.63) is 41.7 Å². The number of aromatic nitrogens is 2. The Labute approximate surface area is 232 Å². The molecule has 1 aliphatic carbocycles. The highest BCUT2D eigenvalue weighted by Crippen LogP contribution is 2.33. The number of anilines is 3. The molecule has 0 radical (unpaired) electrons. The van der Waals surface area contributed by atoms with Crippen LogP contribution in [0.1, 0.15) is 79.8 Å². The number of nitrogens with zero attached hydrogens (tertiary/aromatic N) is 5. The summed E-state index contributed by atoms with van der Waals surface area (Å²) in [5.41, 5.74) is 8.05. The number of nitrogens with two attached hydrogens (primary N) is 2. The third-order valence-electron chi connectivity index (χ3n) is 7.90. The second kappa shape index (κ2) is 14.1. The average Bonchev–Trinajstić information content (AvgIpc) is 3.49. The minimum absolute atomic E-state index is 0.180. The van der Waals surface area contributed by atoms with E-state index < -0.39 is 5.91 Å². The zero-order chi connectivity index (χ0) is 26.9. The minimum atomic E-state index is -0.569. The highest BCUT2D eigenvalue weighted by atomic mass is 32.2. The molecule has 5 rings (SSSR count). The fourth-order valence-electron chi connectivity index (χ4n) is 5.77. The minimum Gasteiger partial charge on any atom is -0.364 e. The molecule has 1 aromatic heterocycles. The molecule has 1 saturated carbocycles. The van der Waals surface area contributed by atoms with E-state index in [0.29, 0.717) is 11.7 Å². The normalized spacial score (nSPS) is 19.3. The molecule has 0 unspecified atom stereocenters. The van der Waals surface area contributed by atoms with Crippen molar-refractivity contribution in [2.45, 2.75) is 69.7 Å². The van der Waals surface area contributed by atoms with Crippen molar-refractivity contribution in [2.75, 3.05) is 50.5 Å². The fourth-order valence-corrected chi connectivity index (χ4v) is 5.77.